The van der Waals surface area contributed by atoms with Crippen LogP contribution in [0.15, 0.2) is 0 Å². The van der Waals surface area contributed by atoms with Gasteiger partial charge in [0.25, 0.3) is 0 Å². The lowest BCUT2D eigenvalue weighted by Gasteiger charge is -2.35. The Labute approximate surface area is 67.9 Å². The summed E-state index contributed by atoms with van der Waals surface area (Å²) in [7, 11) is 0. The molecule has 11 heavy (non-hydrogen) atoms. The summed E-state index contributed by atoms with van der Waals surface area (Å²) >= 11 is 0. The van der Waals surface area contributed by atoms with Gasteiger partial charge in [-0.3, -0.25) is 0 Å². The Morgan fingerprint density at radius 3 is 2.45 bits per heavy atom. The number of ether oxygens (including phenoxy) is 2. The van der Waals surface area contributed by atoms with E-state index >= 15 is 0 Å². The van der Waals surface area contributed by atoms with E-state index in [1.807, 2.05) is 13.8 Å². The molecule has 1 fully saturated rings. The average Bonchev–Trinajstić information content (AvgIpc) is 1.85. The van der Waals surface area contributed by atoms with E-state index in [0.29, 0.717) is 0 Å². The maximum absolute atomic E-state index is 5.65. The van der Waals surface area contributed by atoms with Crippen molar-refractivity contribution in [1.82, 2.24) is 0 Å². The van der Waals surface area contributed by atoms with Gasteiger partial charge in [0.05, 0.1) is 13.2 Å². The standard InChI is InChI=1S/C8H17NO2/c1-7(9)6-8(2)10-4-3-5-11-8/h7H,3-6,9H2,1-2H3/t7-/m1/s1. The van der Waals surface area contributed by atoms with Crippen molar-refractivity contribution < 1.29 is 9.47 Å². The highest BCUT2D eigenvalue weighted by Crippen LogP contribution is 2.22. The Kier molecular flexibility index (Phi) is 2.87. The fourth-order valence-corrected chi connectivity index (χ4v) is 1.38. The topological polar surface area (TPSA) is 44.5 Å². The van der Waals surface area contributed by atoms with Crippen LogP contribution in [-0.2, 0) is 9.47 Å². The molecule has 3 nitrogen and oxygen atoms in total. The Bertz CT molecular complexity index is 119. The van der Waals surface area contributed by atoms with Gasteiger partial charge in [-0.25, -0.2) is 0 Å². The van der Waals surface area contributed by atoms with Gasteiger partial charge in [-0.1, -0.05) is 0 Å². The van der Waals surface area contributed by atoms with E-state index in [4.69, 9.17) is 15.2 Å². The predicted octanol–water partition coefficient (Wildman–Crippen LogP) is 0.877. The fraction of sp³-hybridized carbons (Fsp3) is 1.00. The van der Waals surface area contributed by atoms with Gasteiger partial charge in [0.2, 0.25) is 0 Å². The Balaban J connectivity index is 2.37. The van der Waals surface area contributed by atoms with Crippen LogP contribution in [0.4, 0.5) is 0 Å². The van der Waals surface area contributed by atoms with Gasteiger partial charge in [0.15, 0.2) is 5.79 Å². The fourth-order valence-electron chi connectivity index (χ4n) is 1.38. The molecule has 0 radical (unpaired) electrons. The molecular weight excluding hydrogens is 142 g/mol. The molecular formula is C8H17NO2. The van der Waals surface area contributed by atoms with Crippen LogP contribution in [-0.4, -0.2) is 25.0 Å². The summed E-state index contributed by atoms with van der Waals surface area (Å²) in [6, 6.07) is 0.137. The van der Waals surface area contributed by atoms with Crippen molar-refractivity contribution in [2.24, 2.45) is 5.73 Å². The average molecular weight is 159 g/mol. The molecule has 3 heteroatoms. The number of nitrogens with two attached hydrogens (primary N) is 1. The normalized spacial score (nSPS) is 26.5. The molecule has 0 aromatic carbocycles. The minimum Gasteiger partial charge on any atom is -0.350 e. The zero-order chi connectivity index (χ0) is 8.32. The zero-order valence-corrected chi connectivity index (χ0v) is 7.30. The Hall–Kier alpha value is -0.120. The smallest absolute Gasteiger partial charge is 0.166 e. The molecule has 1 atom stereocenters. The summed E-state index contributed by atoms with van der Waals surface area (Å²) in [5, 5.41) is 0. The highest BCUT2D eigenvalue weighted by Gasteiger charge is 2.29. The van der Waals surface area contributed by atoms with Crippen LogP contribution < -0.4 is 5.73 Å². The van der Waals surface area contributed by atoms with Crippen molar-refractivity contribution in [3.05, 3.63) is 0 Å². The van der Waals surface area contributed by atoms with E-state index in [-0.39, 0.29) is 6.04 Å². The first-order chi connectivity index (χ1) is 5.12. The highest BCUT2D eigenvalue weighted by molar-refractivity contribution is 4.71. The highest BCUT2D eigenvalue weighted by atomic mass is 16.7. The van der Waals surface area contributed by atoms with Crippen molar-refractivity contribution in [3.8, 4) is 0 Å². The van der Waals surface area contributed by atoms with Gasteiger partial charge in [-0.2, -0.15) is 0 Å². The first-order valence-corrected chi connectivity index (χ1v) is 4.16. The molecule has 0 aromatic rings. The van der Waals surface area contributed by atoms with Crippen molar-refractivity contribution in [2.45, 2.75) is 38.5 Å². The number of hydrogen-bond donors (Lipinski definition) is 1. The number of hydrogen-bond acceptors (Lipinski definition) is 3. The van der Waals surface area contributed by atoms with E-state index in [9.17, 15) is 0 Å². The van der Waals surface area contributed by atoms with Crippen LogP contribution in [0.5, 0.6) is 0 Å². The quantitative estimate of drug-likeness (QED) is 0.650. The maximum atomic E-state index is 5.65. The maximum Gasteiger partial charge on any atom is 0.166 e. The van der Waals surface area contributed by atoms with Gasteiger partial charge < -0.3 is 15.2 Å². The SMILES string of the molecule is C[C@@H](N)CC1(C)OCCCO1. The van der Waals surface area contributed by atoms with Gasteiger partial charge in [0.1, 0.15) is 0 Å². The first-order valence-electron chi connectivity index (χ1n) is 4.16. The van der Waals surface area contributed by atoms with Gasteiger partial charge in [-0.05, 0) is 20.3 Å². The number of rotatable bonds is 2. The van der Waals surface area contributed by atoms with Gasteiger partial charge in [0, 0.05) is 12.5 Å². The van der Waals surface area contributed by atoms with Crippen LogP contribution in [0.3, 0.4) is 0 Å². The largest absolute Gasteiger partial charge is 0.350 e. The second kappa shape index (κ2) is 3.52. The molecule has 1 rings (SSSR count). The van der Waals surface area contributed by atoms with Crippen LogP contribution in [0.25, 0.3) is 0 Å². The molecule has 1 aliphatic heterocycles. The van der Waals surface area contributed by atoms with Crippen LogP contribution >= 0.6 is 0 Å². The molecule has 66 valence electrons. The summed E-state index contributed by atoms with van der Waals surface area (Å²) in [5.41, 5.74) is 5.65. The minimum atomic E-state index is -0.424. The predicted molar refractivity (Wildman–Crippen MR) is 43.2 cm³/mol. The van der Waals surface area contributed by atoms with E-state index < -0.39 is 5.79 Å². The zero-order valence-electron chi connectivity index (χ0n) is 7.30. The van der Waals surface area contributed by atoms with Crippen molar-refractivity contribution in [2.75, 3.05) is 13.2 Å². The van der Waals surface area contributed by atoms with E-state index in [1.54, 1.807) is 0 Å². The Morgan fingerprint density at radius 2 is 2.00 bits per heavy atom. The third-order valence-corrected chi connectivity index (χ3v) is 1.80. The third-order valence-electron chi connectivity index (χ3n) is 1.80. The molecule has 0 saturated carbocycles. The van der Waals surface area contributed by atoms with Crippen LogP contribution in [0, 0.1) is 0 Å². The monoisotopic (exact) mass is 159 g/mol. The lowest BCUT2D eigenvalue weighted by molar-refractivity contribution is -0.260. The molecule has 0 aromatic heterocycles. The van der Waals surface area contributed by atoms with Crippen LogP contribution in [0.1, 0.15) is 26.7 Å². The molecule has 1 saturated heterocycles. The molecule has 0 amide bonds. The molecule has 1 heterocycles. The summed E-state index contributed by atoms with van der Waals surface area (Å²) in [6.07, 6.45) is 1.77. The summed E-state index contributed by atoms with van der Waals surface area (Å²) in [4.78, 5) is 0. The summed E-state index contributed by atoms with van der Waals surface area (Å²) in [6.45, 7) is 5.51. The molecule has 0 bridgehead atoms. The van der Waals surface area contributed by atoms with Crippen LogP contribution in [0.2, 0.25) is 0 Å². The summed E-state index contributed by atoms with van der Waals surface area (Å²) in [5.74, 6) is -0.424. The van der Waals surface area contributed by atoms with E-state index in [2.05, 4.69) is 0 Å². The van der Waals surface area contributed by atoms with E-state index in [0.717, 1.165) is 26.1 Å². The first kappa shape index (κ1) is 8.97. The van der Waals surface area contributed by atoms with E-state index in [1.165, 1.54) is 0 Å². The lowest BCUT2D eigenvalue weighted by atomic mass is 10.1. The van der Waals surface area contributed by atoms with Crippen molar-refractivity contribution in [3.63, 3.8) is 0 Å². The molecule has 0 unspecified atom stereocenters. The lowest BCUT2D eigenvalue weighted by Crippen LogP contribution is -2.41. The van der Waals surface area contributed by atoms with Crippen molar-refractivity contribution >= 4 is 0 Å². The molecule has 0 aliphatic carbocycles. The van der Waals surface area contributed by atoms with Crippen molar-refractivity contribution in [1.29, 1.82) is 0 Å². The Morgan fingerprint density at radius 1 is 1.45 bits per heavy atom. The van der Waals surface area contributed by atoms with Gasteiger partial charge in [-0.15, -0.1) is 0 Å². The minimum absolute atomic E-state index is 0.137. The molecule has 0 spiro atoms. The third kappa shape index (κ3) is 2.77. The van der Waals surface area contributed by atoms with Gasteiger partial charge >= 0.3 is 0 Å². The molecule has 2 N–H and O–H groups in total. The second-order valence-electron chi connectivity index (χ2n) is 3.37. The molecule has 1 aliphatic rings. The summed E-state index contributed by atoms with van der Waals surface area (Å²) < 4.78 is 10.9. The second-order valence-corrected chi connectivity index (χ2v) is 3.37.